The fraction of sp³-hybridized carbons (Fsp3) is 1.00. The normalized spacial score (nSPS) is 12.4. The summed E-state index contributed by atoms with van der Waals surface area (Å²) in [5.74, 6) is 0. The molecule has 0 fully saturated rings. The fourth-order valence-corrected chi connectivity index (χ4v) is 2.32. The zero-order chi connectivity index (χ0) is 10.3. The Hall–Kier alpha value is 1.07. The Morgan fingerprint density at radius 3 is 1.69 bits per heavy atom. The second-order valence-electron chi connectivity index (χ2n) is 2.71. The average molecular weight is 337 g/mol. The summed E-state index contributed by atoms with van der Waals surface area (Å²) < 4.78 is 13.0. The van der Waals surface area contributed by atoms with Gasteiger partial charge in [-0.15, -0.1) is 0 Å². The summed E-state index contributed by atoms with van der Waals surface area (Å²) in [7, 11) is -3.04. The highest BCUT2D eigenvalue weighted by molar-refractivity contribution is 9.09. The van der Waals surface area contributed by atoms with Gasteiger partial charge in [-0.1, -0.05) is 31.9 Å². The van der Waals surface area contributed by atoms with Crippen LogP contribution in [-0.4, -0.2) is 28.4 Å². The number of hydrogen-bond acceptors (Lipinski definition) is 1. The SMILES string of the molecule is NP(N)(=O)N(CCCBr)CCCBr. The number of rotatable bonds is 7. The first-order valence-electron chi connectivity index (χ1n) is 4.07. The van der Waals surface area contributed by atoms with Crippen LogP contribution in [0.4, 0.5) is 0 Å². The number of halogens is 2. The number of nitrogens with zero attached hydrogens (tertiary/aromatic N) is 1. The summed E-state index contributed by atoms with van der Waals surface area (Å²) in [5.41, 5.74) is 10.8. The van der Waals surface area contributed by atoms with Crippen LogP contribution in [0.25, 0.3) is 0 Å². The van der Waals surface area contributed by atoms with Gasteiger partial charge in [0.05, 0.1) is 0 Å². The van der Waals surface area contributed by atoms with Crippen molar-refractivity contribution in [2.75, 3.05) is 23.7 Å². The zero-order valence-corrected chi connectivity index (χ0v) is 11.5. The van der Waals surface area contributed by atoms with Crippen molar-refractivity contribution in [2.45, 2.75) is 12.8 Å². The second-order valence-corrected chi connectivity index (χ2v) is 6.21. The molecule has 4 nitrogen and oxygen atoms in total. The fourth-order valence-electron chi connectivity index (χ4n) is 0.909. The minimum Gasteiger partial charge on any atom is -0.271 e. The summed E-state index contributed by atoms with van der Waals surface area (Å²) in [6, 6.07) is 0. The lowest BCUT2D eigenvalue weighted by atomic mass is 10.4. The van der Waals surface area contributed by atoms with Crippen LogP contribution in [0.2, 0.25) is 0 Å². The third-order valence-corrected chi connectivity index (χ3v) is 3.95. The third-order valence-electron chi connectivity index (χ3n) is 1.54. The van der Waals surface area contributed by atoms with Gasteiger partial charge in [0.1, 0.15) is 0 Å². The van der Waals surface area contributed by atoms with Crippen molar-refractivity contribution in [1.82, 2.24) is 4.67 Å². The molecule has 0 aromatic carbocycles. The van der Waals surface area contributed by atoms with Gasteiger partial charge in [-0.3, -0.25) is 15.6 Å². The molecule has 0 rings (SSSR count). The van der Waals surface area contributed by atoms with Crippen LogP contribution >= 0.6 is 39.5 Å². The molecule has 4 N–H and O–H groups in total. The Balaban J connectivity index is 3.96. The van der Waals surface area contributed by atoms with Crippen molar-refractivity contribution in [3.8, 4) is 0 Å². The van der Waals surface area contributed by atoms with Crippen LogP contribution in [0.15, 0.2) is 0 Å². The molecule has 0 saturated carbocycles. The summed E-state index contributed by atoms with van der Waals surface area (Å²) in [6.07, 6.45) is 1.81. The molecule has 0 aromatic rings. The van der Waals surface area contributed by atoms with Gasteiger partial charge < -0.3 is 0 Å². The van der Waals surface area contributed by atoms with Gasteiger partial charge in [0, 0.05) is 23.7 Å². The van der Waals surface area contributed by atoms with Crippen molar-refractivity contribution in [3.63, 3.8) is 0 Å². The first-order valence-corrected chi connectivity index (χ1v) is 8.11. The molecular weight excluding hydrogens is 321 g/mol. The highest BCUT2D eigenvalue weighted by atomic mass is 79.9. The molecule has 0 aliphatic heterocycles. The first-order chi connectivity index (χ1) is 6.02. The number of nitrogens with two attached hydrogens (primary N) is 2. The molecular formula is C6H16Br2N3OP. The minimum absolute atomic E-state index is 0.683. The predicted molar refractivity (Wildman–Crippen MR) is 64.4 cm³/mol. The van der Waals surface area contributed by atoms with Crippen molar-refractivity contribution < 1.29 is 4.57 Å². The van der Waals surface area contributed by atoms with Gasteiger partial charge in [0.25, 0.3) is 7.59 Å². The maximum atomic E-state index is 11.4. The van der Waals surface area contributed by atoms with Crippen molar-refractivity contribution >= 4 is 39.5 Å². The van der Waals surface area contributed by atoms with Crippen LogP contribution in [-0.2, 0) is 4.57 Å². The molecule has 0 spiro atoms. The molecule has 80 valence electrons. The van der Waals surface area contributed by atoms with Crippen molar-refractivity contribution in [3.05, 3.63) is 0 Å². The molecule has 0 aliphatic carbocycles. The predicted octanol–water partition coefficient (Wildman–Crippen LogP) is 1.88. The van der Waals surface area contributed by atoms with E-state index in [1.807, 2.05) is 0 Å². The largest absolute Gasteiger partial charge is 0.276 e. The Morgan fingerprint density at radius 2 is 1.46 bits per heavy atom. The van der Waals surface area contributed by atoms with Gasteiger partial charge in [-0.05, 0) is 12.8 Å². The lowest BCUT2D eigenvalue weighted by Crippen LogP contribution is -2.31. The molecule has 13 heavy (non-hydrogen) atoms. The van der Waals surface area contributed by atoms with E-state index in [0.717, 1.165) is 23.5 Å². The Morgan fingerprint density at radius 1 is 1.08 bits per heavy atom. The molecule has 0 radical (unpaired) electrons. The standard InChI is InChI=1S/C6H16Br2N3OP/c7-3-1-5-11(6-2-4-8)13(9,10)12/h1-6H2,(H4,9,10,12). The third kappa shape index (κ3) is 7.05. The van der Waals surface area contributed by atoms with E-state index in [9.17, 15) is 4.57 Å². The van der Waals surface area contributed by atoms with Crippen molar-refractivity contribution in [1.29, 1.82) is 0 Å². The Bertz CT molecular complexity index is 167. The lowest BCUT2D eigenvalue weighted by Gasteiger charge is -2.24. The van der Waals surface area contributed by atoms with E-state index >= 15 is 0 Å². The van der Waals surface area contributed by atoms with E-state index in [4.69, 9.17) is 11.0 Å². The topological polar surface area (TPSA) is 72.3 Å². The smallest absolute Gasteiger partial charge is 0.271 e. The van der Waals surface area contributed by atoms with E-state index in [-0.39, 0.29) is 0 Å². The highest BCUT2D eigenvalue weighted by Gasteiger charge is 2.19. The number of hydrogen-bond donors (Lipinski definition) is 2. The van der Waals surface area contributed by atoms with E-state index in [2.05, 4.69) is 31.9 Å². The van der Waals surface area contributed by atoms with Gasteiger partial charge in [0.2, 0.25) is 0 Å². The van der Waals surface area contributed by atoms with Gasteiger partial charge in [0.15, 0.2) is 0 Å². The van der Waals surface area contributed by atoms with Gasteiger partial charge >= 0.3 is 0 Å². The minimum atomic E-state index is -3.04. The molecule has 0 aliphatic rings. The second kappa shape index (κ2) is 7.37. The van der Waals surface area contributed by atoms with E-state index in [0.29, 0.717) is 13.1 Å². The van der Waals surface area contributed by atoms with Crippen LogP contribution in [0.1, 0.15) is 12.8 Å². The molecule has 0 bridgehead atoms. The van der Waals surface area contributed by atoms with Crippen LogP contribution in [0.5, 0.6) is 0 Å². The van der Waals surface area contributed by atoms with E-state index in [1.54, 1.807) is 4.67 Å². The quantitative estimate of drug-likeness (QED) is 0.550. The van der Waals surface area contributed by atoms with Crippen LogP contribution in [0, 0.1) is 0 Å². The van der Waals surface area contributed by atoms with Crippen LogP contribution < -0.4 is 11.0 Å². The maximum Gasteiger partial charge on any atom is 0.276 e. The first kappa shape index (κ1) is 14.1. The van der Waals surface area contributed by atoms with Gasteiger partial charge in [-0.2, -0.15) is 0 Å². The van der Waals surface area contributed by atoms with Gasteiger partial charge in [-0.25, -0.2) is 4.67 Å². The molecule has 0 aromatic heterocycles. The molecule has 7 heteroatoms. The van der Waals surface area contributed by atoms with E-state index in [1.165, 1.54) is 0 Å². The summed E-state index contributed by atoms with van der Waals surface area (Å²) >= 11 is 6.61. The zero-order valence-electron chi connectivity index (χ0n) is 7.46. The summed E-state index contributed by atoms with van der Waals surface area (Å²) in [4.78, 5) is 0. The maximum absolute atomic E-state index is 11.4. The van der Waals surface area contributed by atoms with E-state index < -0.39 is 7.59 Å². The summed E-state index contributed by atoms with van der Waals surface area (Å²) in [5, 5.41) is 1.75. The Kier molecular flexibility index (Phi) is 7.98. The molecule has 0 unspecified atom stereocenters. The molecule has 0 amide bonds. The highest BCUT2D eigenvalue weighted by Crippen LogP contribution is 2.31. The summed E-state index contributed by atoms with van der Waals surface area (Å²) in [6.45, 7) is 1.37. The average Bonchev–Trinajstić information content (AvgIpc) is 2.02. The molecule has 0 atom stereocenters. The monoisotopic (exact) mass is 335 g/mol. The molecule has 0 saturated heterocycles. The van der Waals surface area contributed by atoms with Crippen molar-refractivity contribution in [2.24, 2.45) is 11.0 Å². The lowest BCUT2D eigenvalue weighted by molar-refractivity contribution is 0.411. The van der Waals surface area contributed by atoms with Crippen LogP contribution in [0.3, 0.4) is 0 Å². The molecule has 0 heterocycles. The number of alkyl halides is 2. The Labute approximate surface area is 96.2 Å².